The van der Waals surface area contributed by atoms with E-state index in [1.54, 1.807) is 66.7 Å². The molecule has 0 atom stereocenters. The molecule has 1 heterocycles. The number of ether oxygens (including phenoxy) is 2. The van der Waals surface area contributed by atoms with Crippen LogP contribution in [0.3, 0.4) is 0 Å². The fourth-order valence-corrected chi connectivity index (χ4v) is 2.86. The van der Waals surface area contributed by atoms with Gasteiger partial charge in [0.1, 0.15) is 0 Å². The van der Waals surface area contributed by atoms with Crippen LogP contribution < -0.4 is 20.2 Å². The number of rotatable bonds is 5. The summed E-state index contributed by atoms with van der Waals surface area (Å²) in [7, 11) is 0. The van der Waals surface area contributed by atoms with Crippen molar-refractivity contribution in [3.8, 4) is 11.5 Å². The third-order valence-electron chi connectivity index (χ3n) is 4.29. The highest BCUT2D eigenvalue weighted by Crippen LogP contribution is 2.31. The maximum Gasteiger partial charge on any atom is 0.271 e. The van der Waals surface area contributed by atoms with E-state index in [1.807, 2.05) is 0 Å². The minimum atomic E-state index is -0.373. The molecule has 7 nitrogen and oxygen atoms in total. The Morgan fingerprint density at radius 1 is 0.867 bits per heavy atom. The zero-order chi connectivity index (χ0) is 20.9. The summed E-state index contributed by atoms with van der Waals surface area (Å²) in [5.41, 5.74) is 4.68. The van der Waals surface area contributed by atoms with Gasteiger partial charge in [0.25, 0.3) is 11.8 Å². The van der Waals surface area contributed by atoms with Crippen molar-refractivity contribution >= 4 is 35.3 Å². The molecule has 0 saturated carbocycles. The zero-order valence-corrected chi connectivity index (χ0v) is 16.3. The van der Waals surface area contributed by atoms with Crippen molar-refractivity contribution in [1.29, 1.82) is 0 Å². The van der Waals surface area contributed by atoms with E-state index in [4.69, 9.17) is 21.1 Å². The lowest BCUT2D eigenvalue weighted by molar-refractivity contribution is 0.0954. The van der Waals surface area contributed by atoms with Crippen LogP contribution in [-0.2, 0) is 0 Å². The fraction of sp³-hybridized carbons (Fsp3) is 0.0455. The molecule has 0 spiro atoms. The molecule has 0 unspecified atom stereocenters. The van der Waals surface area contributed by atoms with Crippen molar-refractivity contribution < 1.29 is 19.1 Å². The second kappa shape index (κ2) is 8.67. The van der Waals surface area contributed by atoms with Crippen molar-refractivity contribution in [1.82, 2.24) is 5.43 Å². The summed E-state index contributed by atoms with van der Waals surface area (Å²) in [6, 6.07) is 18.4. The van der Waals surface area contributed by atoms with Gasteiger partial charge in [-0.15, -0.1) is 0 Å². The molecule has 0 bridgehead atoms. The quantitative estimate of drug-likeness (QED) is 0.479. The largest absolute Gasteiger partial charge is 0.454 e. The number of nitrogens with one attached hydrogen (secondary N) is 2. The average molecular weight is 422 g/mol. The molecule has 0 radical (unpaired) electrons. The topological polar surface area (TPSA) is 89.0 Å². The number of anilines is 1. The standard InChI is InChI=1S/C22H16ClN3O4/c23-17-6-2-15(3-7-17)21(27)25-18-8-4-16(5-9-18)22(28)26-24-12-14-1-10-19-20(11-14)30-13-29-19/h1-12H,13H2,(H,25,27)(H,26,28). The number of hydrogen-bond donors (Lipinski definition) is 2. The van der Waals surface area contributed by atoms with Crippen LogP contribution in [0.15, 0.2) is 71.8 Å². The number of carbonyl (C=O) groups excluding carboxylic acids is 2. The SMILES string of the molecule is O=C(NN=Cc1ccc2c(c1)OCO2)c1ccc(NC(=O)c2ccc(Cl)cc2)cc1. The Morgan fingerprint density at radius 3 is 2.30 bits per heavy atom. The summed E-state index contributed by atoms with van der Waals surface area (Å²) in [5, 5.41) is 7.28. The van der Waals surface area contributed by atoms with Crippen molar-refractivity contribution in [2.45, 2.75) is 0 Å². The number of carbonyl (C=O) groups is 2. The van der Waals surface area contributed by atoms with Gasteiger partial charge in [-0.05, 0) is 72.3 Å². The Bertz CT molecular complexity index is 1110. The molecule has 3 aromatic rings. The van der Waals surface area contributed by atoms with Gasteiger partial charge in [-0.25, -0.2) is 5.43 Å². The van der Waals surface area contributed by atoms with Gasteiger partial charge < -0.3 is 14.8 Å². The minimum absolute atomic E-state index is 0.197. The highest BCUT2D eigenvalue weighted by molar-refractivity contribution is 6.30. The first-order valence-corrected chi connectivity index (χ1v) is 9.36. The molecule has 150 valence electrons. The lowest BCUT2D eigenvalue weighted by atomic mass is 10.1. The monoisotopic (exact) mass is 421 g/mol. The van der Waals surface area contributed by atoms with Crippen LogP contribution in [0, 0.1) is 0 Å². The first kappa shape index (κ1) is 19.5. The summed E-state index contributed by atoms with van der Waals surface area (Å²) >= 11 is 5.83. The average Bonchev–Trinajstić information content (AvgIpc) is 3.22. The van der Waals surface area contributed by atoms with Crippen LogP contribution in [-0.4, -0.2) is 24.8 Å². The van der Waals surface area contributed by atoms with Crippen molar-refractivity contribution in [3.63, 3.8) is 0 Å². The molecule has 4 rings (SSSR count). The second-order valence-corrected chi connectivity index (χ2v) is 6.79. The van der Waals surface area contributed by atoms with Crippen LogP contribution in [0.4, 0.5) is 5.69 Å². The first-order valence-electron chi connectivity index (χ1n) is 8.98. The third kappa shape index (κ3) is 4.59. The Hall–Kier alpha value is -3.84. The van der Waals surface area contributed by atoms with Gasteiger partial charge in [0.05, 0.1) is 6.21 Å². The normalized spacial score (nSPS) is 12.0. The maximum absolute atomic E-state index is 12.2. The van der Waals surface area contributed by atoms with Crippen LogP contribution in [0.5, 0.6) is 11.5 Å². The van der Waals surface area contributed by atoms with E-state index in [1.165, 1.54) is 6.21 Å². The van der Waals surface area contributed by atoms with Crippen molar-refractivity contribution in [3.05, 3.63) is 88.4 Å². The molecule has 0 fully saturated rings. The van der Waals surface area contributed by atoms with Crippen LogP contribution in [0.25, 0.3) is 0 Å². The predicted molar refractivity (Wildman–Crippen MR) is 113 cm³/mol. The second-order valence-electron chi connectivity index (χ2n) is 6.35. The van der Waals surface area contributed by atoms with Crippen molar-refractivity contribution in [2.75, 3.05) is 12.1 Å². The number of fused-ring (bicyclic) bond motifs is 1. The number of hydrogen-bond acceptors (Lipinski definition) is 5. The van der Waals surface area contributed by atoms with Gasteiger partial charge in [-0.2, -0.15) is 5.10 Å². The van der Waals surface area contributed by atoms with Crippen molar-refractivity contribution in [2.24, 2.45) is 5.10 Å². The van der Waals surface area contributed by atoms with Gasteiger partial charge in [-0.3, -0.25) is 9.59 Å². The minimum Gasteiger partial charge on any atom is -0.454 e. The number of amides is 2. The molecule has 0 saturated heterocycles. The molecule has 0 aliphatic carbocycles. The third-order valence-corrected chi connectivity index (χ3v) is 4.54. The highest BCUT2D eigenvalue weighted by Gasteiger charge is 2.12. The summed E-state index contributed by atoms with van der Waals surface area (Å²) in [4.78, 5) is 24.5. The van der Waals surface area contributed by atoms with E-state index in [-0.39, 0.29) is 18.6 Å². The van der Waals surface area contributed by atoms with E-state index in [2.05, 4.69) is 15.8 Å². The van der Waals surface area contributed by atoms with E-state index < -0.39 is 0 Å². The number of halogens is 1. The summed E-state index contributed by atoms with van der Waals surface area (Å²) in [5.74, 6) is 0.681. The summed E-state index contributed by atoms with van der Waals surface area (Å²) in [6.45, 7) is 0.197. The fourth-order valence-electron chi connectivity index (χ4n) is 2.73. The highest BCUT2D eigenvalue weighted by atomic mass is 35.5. The molecular formula is C22H16ClN3O4. The van der Waals surface area contributed by atoms with E-state index in [0.29, 0.717) is 33.3 Å². The van der Waals surface area contributed by atoms with Crippen LogP contribution >= 0.6 is 11.6 Å². The van der Waals surface area contributed by atoms with Gasteiger partial charge in [-0.1, -0.05) is 11.6 Å². The molecule has 8 heteroatoms. The van der Waals surface area contributed by atoms with E-state index >= 15 is 0 Å². The Kier molecular flexibility index (Phi) is 5.63. The van der Waals surface area contributed by atoms with Gasteiger partial charge in [0.2, 0.25) is 6.79 Å². The van der Waals surface area contributed by atoms with E-state index in [9.17, 15) is 9.59 Å². The predicted octanol–water partition coefficient (Wildman–Crippen LogP) is 4.08. The maximum atomic E-state index is 12.2. The van der Waals surface area contributed by atoms with Crippen LogP contribution in [0.2, 0.25) is 5.02 Å². The molecular weight excluding hydrogens is 406 g/mol. The molecule has 1 aliphatic heterocycles. The molecule has 3 aromatic carbocycles. The number of benzene rings is 3. The van der Waals surface area contributed by atoms with Crippen LogP contribution in [0.1, 0.15) is 26.3 Å². The van der Waals surface area contributed by atoms with Gasteiger partial charge in [0.15, 0.2) is 11.5 Å². The molecule has 2 amide bonds. The smallest absolute Gasteiger partial charge is 0.271 e. The first-order chi connectivity index (χ1) is 14.6. The lowest BCUT2D eigenvalue weighted by Gasteiger charge is -2.06. The summed E-state index contributed by atoms with van der Waals surface area (Å²) in [6.07, 6.45) is 1.51. The zero-order valence-electron chi connectivity index (χ0n) is 15.6. The Labute approximate surface area is 177 Å². The Balaban J connectivity index is 1.33. The number of hydrazone groups is 1. The number of nitrogens with zero attached hydrogens (tertiary/aromatic N) is 1. The molecule has 1 aliphatic rings. The van der Waals surface area contributed by atoms with E-state index in [0.717, 1.165) is 5.56 Å². The van der Waals surface area contributed by atoms with Gasteiger partial charge >= 0.3 is 0 Å². The molecule has 2 N–H and O–H groups in total. The van der Waals surface area contributed by atoms with Gasteiger partial charge in [0, 0.05) is 21.8 Å². The molecule has 30 heavy (non-hydrogen) atoms. The Morgan fingerprint density at radius 2 is 1.53 bits per heavy atom. The summed E-state index contributed by atoms with van der Waals surface area (Å²) < 4.78 is 10.6. The lowest BCUT2D eigenvalue weighted by Crippen LogP contribution is -2.17. The molecule has 0 aromatic heterocycles.